The van der Waals surface area contributed by atoms with Crippen LogP contribution in [0.1, 0.15) is 6.42 Å². The zero-order valence-corrected chi connectivity index (χ0v) is 10.4. The minimum Gasteiger partial charge on any atom is -0.329 e. The zero-order valence-electron chi connectivity index (χ0n) is 9.60. The molecule has 2 rings (SSSR count). The van der Waals surface area contributed by atoms with Crippen molar-refractivity contribution in [1.82, 2.24) is 19.4 Å². The van der Waals surface area contributed by atoms with E-state index in [1.807, 2.05) is 12.1 Å². The van der Waals surface area contributed by atoms with Gasteiger partial charge in [0.05, 0.1) is 5.52 Å². The predicted octanol–water partition coefficient (Wildman–Crippen LogP) is 2.05. The fourth-order valence-corrected chi connectivity index (χ4v) is 2.03. The molecule has 4 nitrogen and oxygen atoms in total. The highest BCUT2D eigenvalue weighted by Crippen LogP contribution is 2.10. The molecule has 0 amide bonds. The first-order valence-electron chi connectivity index (χ1n) is 5.37. The van der Waals surface area contributed by atoms with Gasteiger partial charge in [0.1, 0.15) is 0 Å². The molecule has 0 atom stereocenters. The number of aromatic amines is 1. The molecule has 0 spiro atoms. The Morgan fingerprint density at radius 2 is 2.31 bits per heavy atom. The summed E-state index contributed by atoms with van der Waals surface area (Å²) in [5.74, 6) is 0. The number of H-pyrrole nitrogens is 1. The van der Waals surface area contributed by atoms with E-state index < -0.39 is 0 Å². The van der Waals surface area contributed by atoms with E-state index >= 15 is 0 Å². The van der Waals surface area contributed by atoms with Crippen LogP contribution in [0.2, 0.25) is 0 Å². The van der Waals surface area contributed by atoms with Crippen molar-refractivity contribution in [1.29, 1.82) is 0 Å². The molecule has 0 aromatic carbocycles. The van der Waals surface area contributed by atoms with Crippen LogP contribution in [0.3, 0.4) is 0 Å². The highest BCUT2D eigenvalue weighted by atomic mass is 32.1. The molecule has 0 unspecified atom stereocenters. The molecule has 0 radical (unpaired) electrons. The van der Waals surface area contributed by atoms with E-state index in [1.54, 1.807) is 6.20 Å². The summed E-state index contributed by atoms with van der Waals surface area (Å²) in [6, 6.07) is 3.92. The van der Waals surface area contributed by atoms with Crippen LogP contribution >= 0.6 is 12.2 Å². The number of fused-ring (bicyclic) bond motifs is 1. The van der Waals surface area contributed by atoms with Crippen LogP contribution in [0.5, 0.6) is 0 Å². The lowest BCUT2D eigenvalue weighted by atomic mass is 10.4. The Labute approximate surface area is 99.9 Å². The molecule has 5 heteroatoms. The fourth-order valence-electron chi connectivity index (χ4n) is 1.74. The Hall–Kier alpha value is -1.20. The first-order valence-corrected chi connectivity index (χ1v) is 5.77. The van der Waals surface area contributed by atoms with Crippen LogP contribution in [0, 0.1) is 4.77 Å². The van der Waals surface area contributed by atoms with Crippen LogP contribution in [0.25, 0.3) is 11.2 Å². The smallest absolute Gasteiger partial charge is 0.179 e. The summed E-state index contributed by atoms with van der Waals surface area (Å²) >= 11 is 5.29. The van der Waals surface area contributed by atoms with Crippen LogP contribution in [0.15, 0.2) is 18.3 Å². The minimum absolute atomic E-state index is 0.757. The molecule has 0 aliphatic heterocycles. The lowest BCUT2D eigenvalue weighted by molar-refractivity contribution is 0.387. The Balaban J connectivity index is 2.23. The molecule has 2 aromatic rings. The van der Waals surface area contributed by atoms with Crippen molar-refractivity contribution in [3.8, 4) is 0 Å². The second-order valence-corrected chi connectivity index (χ2v) is 4.50. The van der Waals surface area contributed by atoms with Crippen molar-refractivity contribution in [2.45, 2.75) is 13.0 Å². The van der Waals surface area contributed by atoms with Gasteiger partial charge in [0.2, 0.25) is 0 Å². The molecule has 0 saturated carbocycles. The summed E-state index contributed by atoms with van der Waals surface area (Å²) in [4.78, 5) is 9.69. The number of aryl methyl sites for hydroxylation is 1. The Bertz CT molecular complexity index is 526. The SMILES string of the molecule is CN(C)CCCn1c(=S)[nH]c2cccnc21. The average Bonchev–Trinajstić information content (AvgIpc) is 2.55. The maximum atomic E-state index is 5.29. The second kappa shape index (κ2) is 4.76. The first kappa shape index (κ1) is 11.3. The molecule has 2 aromatic heterocycles. The monoisotopic (exact) mass is 236 g/mol. The molecule has 0 fully saturated rings. The number of nitrogens with one attached hydrogen (secondary N) is 1. The second-order valence-electron chi connectivity index (χ2n) is 4.11. The molecule has 86 valence electrons. The van der Waals surface area contributed by atoms with Crippen molar-refractivity contribution in [2.24, 2.45) is 0 Å². The Morgan fingerprint density at radius 1 is 1.50 bits per heavy atom. The van der Waals surface area contributed by atoms with Crippen LogP contribution in [-0.2, 0) is 6.54 Å². The summed E-state index contributed by atoms with van der Waals surface area (Å²) < 4.78 is 2.82. The normalized spacial score (nSPS) is 11.4. The van der Waals surface area contributed by atoms with Crippen molar-refractivity contribution < 1.29 is 0 Å². The van der Waals surface area contributed by atoms with E-state index in [4.69, 9.17) is 12.2 Å². The molecule has 2 heterocycles. The molecular formula is C11H16N4S. The molecule has 0 aliphatic rings. The van der Waals surface area contributed by atoms with Crippen molar-refractivity contribution >= 4 is 23.4 Å². The summed E-state index contributed by atoms with van der Waals surface area (Å²) in [6.45, 7) is 1.97. The third kappa shape index (κ3) is 2.31. The van der Waals surface area contributed by atoms with Gasteiger partial charge in [-0.05, 0) is 51.4 Å². The topological polar surface area (TPSA) is 36.9 Å². The maximum Gasteiger partial charge on any atom is 0.179 e. The first-order chi connectivity index (χ1) is 7.68. The average molecular weight is 236 g/mol. The van der Waals surface area contributed by atoms with E-state index in [0.29, 0.717) is 0 Å². The highest BCUT2D eigenvalue weighted by Gasteiger charge is 2.04. The van der Waals surface area contributed by atoms with Gasteiger partial charge in [-0.15, -0.1) is 0 Å². The summed E-state index contributed by atoms with van der Waals surface area (Å²) in [5.41, 5.74) is 1.96. The third-order valence-electron chi connectivity index (χ3n) is 2.52. The number of pyridine rings is 1. The van der Waals surface area contributed by atoms with Crippen molar-refractivity contribution in [3.05, 3.63) is 23.1 Å². The largest absolute Gasteiger partial charge is 0.329 e. The van der Waals surface area contributed by atoms with Crippen LogP contribution < -0.4 is 0 Å². The van der Waals surface area contributed by atoms with E-state index in [2.05, 4.69) is 33.5 Å². The van der Waals surface area contributed by atoms with Gasteiger partial charge in [-0.2, -0.15) is 0 Å². The number of rotatable bonds is 4. The Kier molecular flexibility index (Phi) is 3.36. The number of hydrogen-bond acceptors (Lipinski definition) is 3. The number of aromatic nitrogens is 3. The van der Waals surface area contributed by atoms with E-state index in [-0.39, 0.29) is 0 Å². The standard InChI is InChI=1S/C11H16N4S/c1-14(2)7-4-8-15-10-9(13-11(15)16)5-3-6-12-10/h3,5-6H,4,7-8H2,1-2H3,(H,13,16). The van der Waals surface area contributed by atoms with Crippen molar-refractivity contribution in [2.75, 3.05) is 20.6 Å². The lowest BCUT2D eigenvalue weighted by Crippen LogP contribution is -2.15. The van der Waals surface area contributed by atoms with E-state index in [9.17, 15) is 0 Å². The molecule has 0 saturated heterocycles. The highest BCUT2D eigenvalue weighted by molar-refractivity contribution is 7.71. The Morgan fingerprint density at radius 3 is 3.06 bits per heavy atom. The zero-order chi connectivity index (χ0) is 11.5. The number of imidazole rings is 1. The van der Waals surface area contributed by atoms with Gasteiger partial charge in [-0.3, -0.25) is 0 Å². The number of hydrogen-bond donors (Lipinski definition) is 1. The van der Waals surface area contributed by atoms with Gasteiger partial charge in [0.25, 0.3) is 0 Å². The third-order valence-corrected chi connectivity index (χ3v) is 2.84. The van der Waals surface area contributed by atoms with Crippen molar-refractivity contribution in [3.63, 3.8) is 0 Å². The van der Waals surface area contributed by atoms with E-state index in [0.717, 1.165) is 35.4 Å². The van der Waals surface area contributed by atoms with Crippen LogP contribution in [-0.4, -0.2) is 40.1 Å². The fraction of sp³-hybridized carbons (Fsp3) is 0.455. The van der Waals surface area contributed by atoms with E-state index in [1.165, 1.54) is 0 Å². The molecule has 0 bridgehead atoms. The molecular weight excluding hydrogens is 220 g/mol. The molecule has 1 N–H and O–H groups in total. The number of nitrogens with zero attached hydrogens (tertiary/aromatic N) is 3. The van der Waals surface area contributed by atoms with Gasteiger partial charge in [0, 0.05) is 12.7 Å². The molecule has 0 aliphatic carbocycles. The molecule has 16 heavy (non-hydrogen) atoms. The van der Waals surface area contributed by atoms with Gasteiger partial charge in [-0.1, -0.05) is 0 Å². The lowest BCUT2D eigenvalue weighted by Gasteiger charge is -2.09. The van der Waals surface area contributed by atoms with Gasteiger partial charge >= 0.3 is 0 Å². The van der Waals surface area contributed by atoms with Gasteiger partial charge in [0.15, 0.2) is 10.4 Å². The van der Waals surface area contributed by atoms with Crippen LogP contribution in [0.4, 0.5) is 0 Å². The summed E-state index contributed by atoms with van der Waals surface area (Å²) in [6.07, 6.45) is 2.87. The van der Waals surface area contributed by atoms with Gasteiger partial charge in [-0.25, -0.2) is 4.98 Å². The predicted molar refractivity (Wildman–Crippen MR) is 68.1 cm³/mol. The maximum absolute atomic E-state index is 5.29. The quantitative estimate of drug-likeness (QED) is 0.825. The minimum atomic E-state index is 0.757. The van der Waals surface area contributed by atoms with Gasteiger partial charge < -0.3 is 14.5 Å². The summed E-state index contributed by atoms with van der Waals surface area (Å²) in [5, 5.41) is 0. The summed E-state index contributed by atoms with van der Waals surface area (Å²) in [7, 11) is 4.15.